The Labute approximate surface area is 72.8 Å². The molecule has 68 valence electrons. The Bertz CT molecular complexity index is 337. The molecule has 6 heteroatoms. The third kappa shape index (κ3) is 2.16. The van der Waals surface area contributed by atoms with Gasteiger partial charge in [-0.05, 0) is 12.1 Å². The van der Waals surface area contributed by atoms with E-state index in [4.69, 9.17) is 10.2 Å². The number of carbonyl (C=O) groups is 1. The largest absolute Gasteiger partial charge is 0.465 e. The van der Waals surface area contributed by atoms with Gasteiger partial charge in [0, 0.05) is 0 Å². The Morgan fingerprint density at radius 1 is 1.69 bits per heavy atom. The van der Waals surface area contributed by atoms with E-state index < -0.39 is 16.5 Å². The van der Waals surface area contributed by atoms with Gasteiger partial charge in [-0.25, -0.2) is 0 Å². The van der Waals surface area contributed by atoms with Crippen LogP contribution in [-0.2, 0) is 4.79 Å². The molecule has 1 amide bonds. The van der Waals surface area contributed by atoms with Crippen molar-refractivity contribution < 1.29 is 14.1 Å². The van der Waals surface area contributed by atoms with Crippen molar-refractivity contribution in [2.75, 3.05) is 0 Å². The summed E-state index contributed by atoms with van der Waals surface area (Å²) in [5, 5.41) is 10.3. The van der Waals surface area contributed by atoms with Gasteiger partial charge in [-0.1, -0.05) is 0 Å². The summed E-state index contributed by atoms with van der Waals surface area (Å²) in [5.41, 5.74) is 4.06. The fourth-order valence-corrected chi connectivity index (χ4v) is 0.722. The van der Waals surface area contributed by atoms with Crippen LogP contribution in [0.15, 0.2) is 28.5 Å². The lowest BCUT2D eigenvalue weighted by atomic mass is 10.3. The van der Waals surface area contributed by atoms with Crippen LogP contribution >= 0.6 is 0 Å². The van der Waals surface area contributed by atoms with Crippen LogP contribution in [0, 0.1) is 10.1 Å². The van der Waals surface area contributed by atoms with E-state index in [0.29, 0.717) is 0 Å². The predicted octanol–water partition coefficient (Wildman–Crippen LogP) is 0.383. The molecule has 1 rings (SSSR count). The summed E-state index contributed by atoms with van der Waals surface area (Å²) in [6, 6.07) is 3.02. The molecule has 0 saturated carbocycles. The van der Waals surface area contributed by atoms with E-state index in [1.165, 1.54) is 12.3 Å². The van der Waals surface area contributed by atoms with Gasteiger partial charge in [0.25, 0.3) is 0 Å². The fraction of sp³-hybridized carbons (Fsp3) is 0. The molecule has 1 aromatic heterocycles. The predicted molar refractivity (Wildman–Crippen MR) is 42.9 cm³/mol. The van der Waals surface area contributed by atoms with Crippen molar-refractivity contribution in [3.63, 3.8) is 0 Å². The van der Waals surface area contributed by atoms with Gasteiger partial charge < -0.3 is 10.2 Å². The van der Waals surface area contributed by atoms with E-state index in [1.54, 1.807) is 6.07 Å². The standard InChI is InChI=1S/C7H6N2O4/c8-7(10)6(9(11)12)4-5-2-1-3-13-5/h1-4H,(H2,8,10)/b6-4-. The third-order valence-corrected chi connectivity index (χ3v) is 1.27. The van der Waals surface area contributed by atoms with Crippen LogP contribution in [0.5, 0.6) is 0 Å². The molecule has 0 atom stereocenters. The summed E-state index contributed by atoms with van der Waals surface area (Å²) in [5.74, 6) is -0.883. The lowest BCUT2D eigenvalue weighted by Gasteiger charge is -1.90. The average molecular weight is 182 g/mol. The summed E-state index contributed by atoms with van der Waals surface area (Å²) in [6.07, 6.45) is 2.31. The van der Waals surface area contributed by atoms with E-state index in [9.17, 15) is 14.9 Å². The number of primary amides is 1. The minimum atomic E-state index is -1.10. The number of nitrogens with two attached hydrogens (primary N) is 1. The molecule has 0 bridgehead atoms. The zero-order valence-corrected chi connectivity index (χ0v) is 6.47. The second kappa shape index (κ2) is 3.53. The average Bonchev–Trinajstić information content (AvgIpc) is 2.50. The van der Waals surface area contributed by atoms with Crippen molar-refractivity contribution in [1.82, 2.24) is 0 Å². The molecule has 2 N–H and O–H groups in total. The molecule has 13 heavy (non-hydrogen) atoms. The van der Waals surface area contributed by atoms with E-state index >= 15 is 0 Å². The van der Waals surface area contributed by atoms with E-state index in [0.717, 1.165) is 6.08 Å². The van der Waals surface area contributed by atoms with Crippen LogP contribution in [0.2, 0.25) is 0 Å². The summed E-state index contributed by atoms with van der Waals surface area (Å²) in [7, 11) is 0. The van der Waals surface area contributed by atoms with Crippen LogP contribution in [0.1, 0.15) is 5.76 Å². The van der Waals surface area contributed by atoms with Crippen molar-refractivity contribution in [2.24, 2.45) is 5.73 Å². The third-order valence-electron chi connectivity index (χ3n) is 1.27. The molecule has 1 aromatic rings. The first-order chi connectivity index (χ1) is 6.11. The highest BCUT2D eigenvalue weighted by molar-refractivity contribution is 5.93. The summed E-state index contributed by atoms with van der Waals surface area (Å²) in [4.78, 5) is 19.9. The van der Waals surface area contributed by atoms with Crippen LogP contribution < -0.4 is 5.73 Å². The Balaban J connectivity index is 3.01. The number of amides is 1. The molecule has 0 aromatic carbocycles. The number of furan rings is 1. The Hall–Kier alpha value is -2.11. The highest BCUT2D eigenvalue weighted by Gasteiger charge is 2.18. The molecular weight excluding hydrogens is 176 g/mol. The van der Waals surface area contributed by atoms with Gasteiger partial charge in [0.15, 0.2) is 0 Å². The SMILES string of the molecule is NC(=O)/C(=C/c1ccco1)[N+](=O)[O-]. The molecule has 0 saturated heterocycles. The van der Waals surface area contributed by atoms with Crippen LogP contribution in [0.4, 0.5) is 0 Å². The minimum absolute atomic E-state index is 0.213. The van der Waals surface area contributed by atoms with Crippen LogP contribution in [0.3, 0.4) is 0 Å². The number of carbonyl (C=O) groups excluding carboxylic acids is 1. The van der Waals surface area contributed by atoms with Crippen molar-refractivity contribution in [1.29, 1.82) is 0 Å². The monoisotopic (exact) mass is 182 g/mol. The maximum Gasteiger partial charge on any atom is 0.336 e. The van der Waals surface area contributed by atoms with Crippen LogP contribution in [-0.4, -0.2) is 10.8 Å². The quantitative estimate of drug-likeness (QED) is 0.415. The maximum atomic E-state index is 10.5. The maximum absolute atomic E-state index is 10.5. The van der Waals surface area contributed by atoms with Gasteiger partial charge in [0.2, 0.25) is 0 Å². The van der Waals surface area contributed by atoms with Gasteiger partial charge >= 0.3 is 11.6 Å². The molecule has 1 heterocycles. The van der Waals surface area contributed by atoms with Gasteiger partial charge in [0.05, 0.1) is 17.3 Å². The fourth-order valence-electron chi connectivity index (χ4n) is 0.722. The summed E-state index contributed by atoms with van der Waals surface area (Å²) >= 11 is 0. The minimum Gasteiger partial charge on any atom is -0.465 e. The van der Waals surface area contributed by atoms with Gasteiger partial charge in [0.1, 0.15) is 5.76 Å². The van der Waals surface area contributed by atoms with Gasteiger partial charge in [-0.3, -0.25) is 14.9 Å². The molecule has 0 spiro atoms. The number of nitro groups is 1. The van der Waals surface area contributed by atoms with E-state index in [2.05, 4.69) is 0 Å². The van der Waals surface area contributed by atoms with Gasteiger partial charge in [-0.15, -0.1) is 0 Å². The lowest BCUT2D eigenvalue weighted by molar-refractivity contribution is -0.417. The molecule has 0 unspecified atom stereocenters. The molecule has 0 aliphatic heterocycles. The van der Waals surface area contributed by atoms with Crippen molar-refractivity contribution in [2.45, 2.75) is 0 Å². The number of hydrogen-bond donors (Lipinski definition) is 1. The first-order valence-electron chi connectivity index (χ1n) is 3.30. The van der Waals surface area contributed by atoms with Crippen molar-refractivity contribution >= 4 is 12.0 Å². The summed E-state index contributed by atoms with van der Waals surface area (Å²) < 4.78 is 4.78. The first-order valence-corrected chi connectivity index (χ1v) is 3.30. The Morgan fingerprint density at radius 2 is 2.38 bits per heavy atom. The highest BCUT2D eigenvalue weighted by atomic mass is 16.6. The zero-order valence-electron chi connectivity index (χ0n) is 6.47. The molecule has 0 radical (unpaired) electrons. The Kier molecular flexibility index (Phi) is 2.44. The van der Waals surface area contributed by atoms with Crippen molar-refractivity contribution in [3.8, 4) is 0 Å². The molecule has 0 aliphatic carbocycles. The number of hydrogen-bond acceptors (Lipinski definition) is 4. The first kappa shape index (κ1) is 8.98. The normalized spacial score (nSPS) is 11.2. The highest BCUT2D eigenvalue weighted by Crippen LogP contribution is 2.07. The molecule has 0 fully saturated rings. The Morgan fingerprint density at radius 3 is 2.77 bits per heavy atom. The van der Waals surface area contributed by atoms with Crippen LogP contribution in [0.25, 0.3) is 6.08 Å². The number of rotatable bonds is 3. The second-order valence-corrected chi connectivity index (χ2v) is 2.17. The van der Waals surface area contributed by atoms with Crippen molar-refractivity contribution in [3.05, 3.63) is 40.0 Å². The van der Waals surface area contributed by atoms with E-state index in [1.807, 2.05) is 0 Å². The smallest absolute Gasteiger partial charge is 0.336 e. The van der Waals surface area contributed by atoms with Gasteiger partial charge in [-0.2, -0.15) is 0 Å². The molecule has 6 nitrogen and oxygen atoms in total. The lowest BCUT2D eigenvalue weighted by Crippen LogP contribution is -2.19. The second-order valence-electron chi connectivity index (χ2n) is 2.17. The molecule has 0 aliphatic rings. The zero-order chi connectivity index (χ0) is 9.84. The molecular formula is C7H6N2O4. The van der Waals surface area contributed by atoms with E-state index in [-0.39, 0.29) is 5.76 Å². The topological polar surface area (TPSA) is 99.4 Å². The summed E-state index contributed by atoms with van der Waals surface area (Å²) in [6.45, 7) is 0. The number of nitrogens with zero attached hydrogens (tertiary/aromatic N) is 1.